The Morgan fingerprint density at radius 2 is 1.07 bits per heavy atom. The smallest absolute Gasteiger partial charge is 0.250 e. The summed E-state index contributed by atoms with van der Waals surface area (Å²) >= 11 is 0. The van der Waals surface area contributed by atoms with Crippen LogP contribution in [0.25, 0.3) is 33.6 Å². The zero-order chi connectivity index (χ0) is 48.1. The first-order valence-corrected chi connectivity index (χ1v) is 25.0. The number of hydrogen-bond acceptors (Lipinski definition) is 12. The van der Waals surface area contributed by atoms with E-state index in [2.05, 4.69) is 83.0 Å². The molecular formula is C56H52N12O4. The van der Waals surface area contributed by atoms with Gasteiger partial charge in [0.1, 0.15) is 48.4 Å². The number of carbonyl (C=O) groups excluding carboxylic acids is 2. The molecule has 1 aliphatic carbocycles. The van der Waals surface area contributed by atoms with E-state index < -0.39 is 12.1 Å². The lowest BCUT2D eigenvalue weighted by molar-refractivity contribution is -0.134. The van der Waals surface area contributed by atoms with E-state index in [4.69, 9.17) is 19.4 Å². The van der Waals surface area contributed by atoms with Gasteiger partial charge in [-0.3, -0.25) is 9.59 Å². The van der Waals surface area contributed by atoms with Gasteiger partial charge in [0.2, 0.25) is 23.7 Å². The maximum absolute atomic E-state index is 14.7. The number of H-pyrrole nitrogens is 2. The number of benzene rings is 4. The molecule has 0 radical (unpaired) electrons. The molecule has 2 amide bonds. The van der Waals surface area contributed by atoms with E-state index in [0.717, 1.165) is 105 Å². The molecule has 16 nitrogen and oxygen atoms in total. The molecule has 360 valence electrons. The summed E-state index contributed by atoms with van der Waals surface area (Å²) in [6, 6.07) is 28.3. The minimum Gasteiger partial charge on any atom is -0.488 e. The zero-order valence-electron chi connectivity index (χ0n) is 39.5. The Kier molecular flexibility index (Phi) is 11.1. The predicted octanol–water partition coefficient (Wildman–Crippen LogP) is 9.80. The van der Waals surface area contributed by atoms with Crippen molar-refractivity contribution in [3.8, 4) is 45.1 Å². The van der Waals surface area contributed by atoms with Crippen molar-refractivity contribution in [2.45, 2.75) is 88.2 Å². The molecule has 4 aromatic carbocycles. The standard InChI is InChI=1S/C56H52N12O4/c69-53(49(34-10-2-1-3-11-34)65-55-57-18-8-19-58-55)67-22-6-16-43(67)51-61-29-41(63-51)37-25-39-31-72-46-28-38(26-40-32-71-45(27-37)47(39)48(40)46)42-30-62-52(64-42)44-17-7-23-68(44)54(70)50(66-56-59-20-9-21-60-56)36-15-5-14-35(24-36)33-12-4-13-33/h1-3,5,8-11,14-15,18-21,24-30,33,43-44,49-50H,4,6-7,12-13,16-17,22-23,31-32H2,(H,61,63)(H,62,64)(H,57,58,65)(H,59,60,66)/t43-,44-,49+,50+/m0/s1. The van der Waals surface area contributed by atoms with Gasteiger partial charge in [-0.2, -0.15) is 0 Å². The lowest BCUT2D eigenvalue weighted by atomic mass is 9.79. The number of aromatic nitrogens is 8. The van der Waals surface area contributed by atoms with Crippen molar-refractivity contribution in [1.82, 2.24) is 49.7 Å². The number of likely N-dealkylation sites (tertiary alicyclic amines) is 2. The molecule has 8 aromatic rings. The number of hydrogen-bond donors (Lipinski definition) is 4. The highest BCUT2D eigenvalue weighted by Gasteiger charge is 2.39. The van der Waals surface area contributed by atoms with Gasteiger partial charge in [0.15, 0.2) is 0 Å². The fourth-order valence-corrected chi connectivity index (χ4v) is 11.2. The lowest BCUT2D eigenvalue weighted by Crippen LogP contribution is -2.38. The third-order valence-electron chi connectivity index (χ3n) is 15.0. The van der Waals surface area contributed by atoms with Crippen LogP contribution < -0.4 is 20.1 Å². The largest absolute Gasteiger partial charge is 0.488 e. The fourth-order valence-electron chi connectivity index (χ4n) is 11.2. The van der Waals surface area contributed by atoms with E-state index in [1.54, 1.807) is 36.9 Å². The summed E-state index contributed by atoms with van der Waals surface area (Å²) in [7, 11) is 0. The maximum Gasteiger partial charge on any atom is 0.250 e. The number of imidazole rings is 2. The Bertz CT molecular complexity index is 3260. The Hall–Kier alpha value is -8.40. The Morgan fingerprint density at radius 3 is 1.58 bits per heavy atom. The highest BCUT2D eigenvalue weighted by atomic mass is 16.5. The molecule has 8 heterocycles. The summed E-state index contributed by atoms with van der Waals surface area (Å²) in [5.41, 5.74) is 10.7. The molecule has 0 spiro atoms. The van der Waals surface area contributed by atoms with E-state index in [0.29, 0.717) is 44.1 Å². The van der Waals surface area contributed by atoms with Gasteiger partial charge in [0.05, 0.1) is 35.9 Å². The van der Waals surface area contributed by atoms with Crippen LogP contribution >= 0.6 is 0 Å². The molecule has 13 rings (SSSR count). The van der Waals surface area contributed by atoms with Crippen LogP contribution in [0.5, 0.6) is 11.5 Å². The molecule has 4 aliphatic heterocycles. The van der Waals surface area contributed by atoms with Crippen molar-refractivity contribution in [1.29, 1.82) is 0 Å². The van der Waals surface area contributed by atoms with E-state index in [1.165, 1.54) is 24.8 Å². The van der Waals surface area contributed by atoms with Crippen LogP contribution in [0.1, 0.15) is 114 Å². The van der Waals surface area contributed by atoms with Gasteiger partial charge in [-0.25, -0.2) is 29.9 Å². The van der Waals surface area contributed by atoms with Crippen LogP contribution in [-0.4, -0.2) is 74.6 Å². The van der Waals surface area contributed by atoms with Gasteiger partial charge >= 0.3 is 0 Å². The van der Waals surface area contributed by atoms with Crippen LogP contribution in [0, 0.1) is 0 Å². The zero-order valence-corrected chi connectivity index (χ0v) is 39.5. The minimum atomic E-state index is -0.668. The fraction of sp³-hybridized carbons (Fsp3) is 0.286. The molecule has 1 saturated carbocycles. The third-order valence-corrected chi connectivity index (χ3v) is 15.0. The number of anilines is 2. The molecular weight excluding hydrogens is 905 g/mol. The number of carbonyl (C=O) groups is 2. The van der Waals surface area contributed by atoms with Crippen molar-refractivity contribution < 1.29 is 19.1 Å². The first-order chi connectivity index (χ1) is 35.5. The van der Waals surface area contributed by atoms with Crippen molar-refractivity contribution in [3.05, 3.63) is 168 Å². The van der Waals surface area contributed by atoms with E-state index in [9.17, 15) is 9.59 Å². The molecule has 72 heavy (non-hydrogen) atoms. The number of aromatic amines is 2. The van der Waals surface area contributed by atoms with E-state index in [1.807, 2.05) is 58.6 Å². The number of rotatable bonds is 13. The summed E-state index contributed by atoms with van der Waals surface area (Å²) in [6.07, 6.45) is 17.3. The van der Waals surface area contributed by atoms with Crippen LogP contribution in [0.15, 0.2) is 128 Å². The van der Waals surface area contributed by atoms with Crippen molar-refractivity contribution >= 4 is 23.7 Å². The van der Waals surface area contributed by atoms with Crippen molar-refractivity contribution in [3.63, 3.8) is 0 Å². The molecule has 0 unspecified atom stereocenters. The second-order valence-corrected chi connectivity index (χ2v) is 19.3. The molecule has 4 atom stereocenters. The van der Waals surface area contributed by atoms with Crippen LogP contribution in [0.4, 0.5) is 11.9 Å². The summed E-state index contributed by atoms with van der Waals surface area (Å²) in [5.74, 6) is 4.31. The third kappa shape index (κ3) is 8.05. The van der Waals surface area contributed by atoms with Crippen LogP contribution in [-0.2, 0) is 22.8 Å². The monoisotopic (exact) mass is 956 g/mol. The van der Waals surface area contributed by atoms with E-state index in [-0.39, 0.29) is 23.9 Å². The first kappa shape index (κ1) is 43.6. The number of nitrogens with one attached hydrogen (secondary N) is 4. The normalized spacial score (nSPS) is 18.6. The summed E-state index contributed by atoms with van der Waals surface area (Å²) in [6.45, 7) is 1.95. The molecule has 4 aromatic heterocycles. The second-order valence-electron chi connectivity index (χ2n) is 19.3. The van der Waals surface area contributed by atoms with E-state index >= 15 is 0 Å². The predicted molar refractivity (Wildman–Crippen MR) is 269 cm³/mol. The Morgan fingerprint density at radius 1 is 0.556 bits per heavy atom. The molecule has 5 aliphatic rings. The van der Waals surface area contributed by atoms with Gasteiger partial charge in [-0.15, -0.1) is 0 Å². The summed E-state index contributed by atoms with van der Waals surface area (Å²) in [5, 5.41) is 6.66. The quantitative estimate of drug-likeness (QED) is 0.0857. The first-order valence-electron chi connectivity index (χ1n) is 25.0. The number of ether oxygens (including phenoxy) is 2. The minimum absolute atomic E-state index is 0.0311. The number of amides is 2. The van der Waals surface area contributed by atoms with Crippen molar-refractivity contribution in [2.75, 3.05) is 23.7 Å². The van der Waals surface area contributed by atoms with Gasteiger partial charge in [0.25, 0.3) is 0 Å². The van der Waals surface area contributed by atoms with Crippen LogP contribution in [0.2, 0.25) is 0 Å². The molecule has 4 N–H and O–H groups in total. The average molecular weight is 957 g/mol. The topological polar surface area (TPSA) is 192 Å². The summed E-state index contributed by atoms with van der Waals surface area (Å²) < 4.78 is 13.1. The maximum atomic E-state index is 14.7. The lowest BCUT2D eigenvalue weighted by Gasteiger charge is -2.30. The molecule has 0 bridgehead atoms. The highest BCUT2D eigenvalue weighted by Crippen LogP contribution is 2.51. The highest BCUT2D eigenvalue weighted by molar-refractivity contribution is 5.89. The number of nitrogens with zero attached hydrogens (tertiary/aromatic N) is 8. The van der Waals surface area contributed by atoms with Gasteiger partial charge < -0.3 is 39.9 Å². The summed E-state index contributed by atoms with van der Waals surface area (Å²) in [4.78, 5) is 67.5. The Balaban J connectivity index is 0.737. The molecule has 3 fully saturated rings. The van der Waals surface area contributed by atoms with Gasteiger partial charge in [0, 0.05) is 71.3 Å². The van der Waals surface area contributed by atoms with Gasteiger partial charge in [-0.05, 0) is 97.5 Å². The molecule has 16 heteroatoms. The SMILES string of the molecule is O=C([C@H](Nc1ncccn1)c1ccccc1)N1CCC[C@H]1c1ncc(-c2cc3c4c(c2)OCc2cc(-c5cnc([C@@H]6CCCN6C(=O)[C@H](Nc6ncccn6)c6cccc(C7CCC7)c6)[nH]5)cc(c2-4)OC3)[nH]1. The second kappa shape index (κ2) is 18.4. The van der Waals surface area contributed by atoms with Gasteiger partial charge in [-0.1, -0.05) is 61.0 Å². The van der Waals surface area contributed by atoms with Crippen molar-refractivity contribution in [2.24, 2.45) is 0 Å². The average Bonchev–Trinajstić information content (AvgIpc) is 4.27. The Labute approximate surface area is 415 Å². The van der Waals surface area contributed by atoms with Crippen LogP contribution in [0.3, 0.4) is 0 Å². The molecule has 2 saturated heterocycles.